The van der Waals surface area contributed by atoms with Crippen LogP contribution in [0.1, 0.15) is 43.4 Å². The van der Waals surface area contributed by atoms with Gasteiger partial charge in [-0.3, -0.25) is 9.89 Å². The number of aliphatic imine (C=N–C) groups is 1. The van der Waals surface area contributed by atoms with Crippen LogP contribution in [0.25, 0.3) is 0 Å². The lowest BCUT2D eigenvalue weighted by atomic mass is 10.2. The molecule has 1 saturated heterocycles. The predicted octanol–water partition coefficient (Wildman–Crippen LogP) is 2.91. The number of hydrogen-bond acceptors (Lipinski definition) is 5. The second-order valence-corrected chi connectivity index (χ2v) is 7.69. The van der Waals surface area contributed by atoms with Gasteiger partial charge in [0.2, 0.25) is 0 Å². The van der Waals surface area contributed by atoms with Crippen LogP contribution in [-0.4, -0.2) is 58.3 Å². The first-order valence-electron chi connectivity index (χ1n) is 9.98. The fourth-order valence-corrected chi connectivity index (χ4v) is 4.33. The van der Waals surface area contributed by atoms with Gasteiger partial charge in [-0.05, 0) is 44.3 Å². The van der Waals surface area contributed by atoms with Crippen LogP contribution in [-0.2, 0) is 13.0 Å². The molecule has 1 aliphatic heterocycles. The molecule has 1 aliphatic rings. The van der Waals surface area contributed by atoms with Crippen molar-refractivity contribution in [2.24, 2.45) is 4.99 Å². The zero-order chi connectivity index (χ0) is 18.9. The Balaban J connectivity index is 0.00000280. The predicted molar refractivity (Wildman–Crippen MR) is 127 cm³/mol. The Bertz CT molecular complexity index is 695. The highest BCUT2D eigenvalue weighted by molar-refractivity contribution is 14.0. The lowest BCUT2D eigenvalue weighted by Crippen LogP contribution is -2.39. The molecule has 0 bridgehead atoms. The summed E-state index contributed by atoms with van der Waals surface area (Å²) >= 11 is 1.83. The van der Waals surface area contributed by atoms with Gasteiger partial charge < -0.3 is 15.2 Å². The van der Waals surface area contributed by atoms with Gasteiger partial charge in [0.05, 0.1) is 12.6 Å². The monoisotopic (exact) mass is 517 g/mol. The average molecular weight is 517 g/mol. The number of nitrogens with one attached hydrogen (secondary N) is 2. The summed E-state index contributed by atoms with van der Waals surface area (Å²) in [5, 5.41) is 17.1. The van der Waals surface area contributed by atoms with E-state index in [-0.39, 0.29) is 24.0 Å². The van der Waals surface area contributed by atoms with Gasteiger partial charge >= 0.3 is 0 Å². The van der Waals surface area contributed by atoms with E-state index in [1.54, 1.807) is 6.33 Å². The van der Waals surface area contributed by atoms with Crippen molar-refractivity contribution in [1.29, 1.82) is 0 Å². The van der Waals surface area contributed by atoms with Crippen molar-refractivity contribution >= 4 is 41.3 Å². The van der Waals surface area contributed by atoms with Crippen molar-refractivity contribution in [2.45, 2.75) is 45.7 Å². The van der Waals surface area contributed by atoms with Gasteiger partial charge in [0.1, 0.15) is 12.2 Å². The minimum Gasteiger partial charge on any atom is -0.357 e. The number of thiophene rings is 1. The Kier molecular flexibility index (Phi) is 10.2. The van der Waals surface area contributed by atoms with Gasteiger partial charge in [-0.1, -0.05) is 13.0 Å². The summed E-state index contributed by atoms with van der Waals surface area (Å²) in [5.74, 6) is 1.90. The van der Waals surface area contributed by atoms with Crippen molar-refractivity contribution in [3.8, 4) is 0 Å². The third kappa shape index (κ3) is 6.41. The molecule has 1 fully saturated rings. The van der Waals surface area contributed by atoms with Gasteiger partial charge in [0.25, 0.3) is 0 Å². The minimum absolute atomic E-state index is 0. The summed E-state index contributed by atoms with van der Waals surface area (Å²) in [6.45, 7) is 9.82. The Morgan fingerprint density at radius 2 is 2.11 bits per heavy atom. The van der Waals surface area contributed by atoms with Crippen molar-refractivity contribution in [3.05, 3.63) is 34.5 Å². The van der Waals surface area contributed by atoms with Crippen LogP contribution < -0.4 is 10.6 Å². The number of likely N-dealkylation sites (tertiary alicyclic amines) is 1. The summed E-state index contributed by atoms with van der Waals surface area (Å²) in [6, 6.07) is 4.76. The molecule has 7 nitrogen and oxygen atoms in total. The van der Waals surface area contributed by atoms with E-state index in [2.05, 4.69) is 61.7 Å². The smallest absolute Gasteiger partial charge is 0.191 e. The van der Waals surface area contributed by atoms with Crippen LogP contribution in [0.3, 0.4) is 0 Å². The van der Waals surface area contributed by atoms with Crippen LogP contribution in [0, 0.1) is 0 Å². The fraction of sp³-hybridized carbons (Fsp3) is 0.632. The lowest BCUT2D eigenvalue weighted by molar-refractivity contribution is 0.255. The molecule has 156 valence electrons. The normalized spacial score (nSPS) is 16.0. The first-order chi connectivity index (χ1) is 13.3. The van der Waals surface area contributed by atoms with Crippen molar-refractivity contribution in [3.63, 3.8) is 0 Å². The first kappa shape index (κ1) is 23.1. The molecule has 0 spiro atoms. The second kappa shape index (κ2) is 12.4. The second-order valence-electron chi connectivity index (χ2n) is 6.71. The zero-order valence-electron chi connectivity index (χ0n) is 16.8. The van der Waals surface area contributed by atoms with E-state index in [1.807, 2.05) is 11.3 Å². The third-order valence-electron chi connectivity index (χ3n) is 4.88. The van der Waals surface area contributed by atoms with Gasteiger partial charge in [-0.2, -0.15) is 0 Å². The van der Waals surface area contributed by atoms with Gasteiger partial charge in [0, 0.05) is 30.9 Å². The molecule has 0 aliphatic carbocycles. The molecule has 0 saturated carbocycles. The van der Waals surface area contributed by atoms with Crippen molar-refractivity contribution in [2.75, 3.05) is 32.7 Å². The Labute approximate surface area is 189 Å². The van der Waals surface area contributed by atoms with E-state index in [4.69, 9.17) is 4.99 Å². The van der Waals surface area contributed by atoms with Crippen LogP contribution >= 0.6 is 35.3 Å². The van der Waals surface area contributed by atoms with Gasteiger partial charge in [0.15, 0.2) is 5.96 Å². The van der Waals surface area contributed by atoms with Crippen molar-refractivity contribution in [1.82, 2.24) is 30.3 Å². The SMILES string of the molecule is CCNC(=NCC(c1cccs1)N1CCCC1)NCCn1cnnc1CC.I. The standard InChI is InChI=1S/C19H31N7S.HI/c1-3-18-24-23-15-26(18)12-9-21-19(20-4-2)22-14-16(17-8-7-13-27-17)25-10-5-6-11-25;/h7-8,13,15-16H,3-6,9-12,14H2,1-2H3,(H2,20,21,22);1H. The first-order valence-corrected chi connectivity index (χ1v) is 10.9. The molecule has 3 rings (SSSR count). The quantitative estimate of drug-likeness (QED) is 0.304. The van der Waals surface area contributed by atoms with E-state index in [0.717, 1.165) is 44.4 Å². The molecule has 2 aromatic heterocycles. The van der Waals surface area contributed by atoms with E-state index in [1.165, 1.54) is 30.8 Å². The summed E-state index contributed by atoms with van der Waals surface area (Å²) < 4.78 is 2.09. The molecular weight excluding hydrogens is 485 g/mol. The van der Waals surface area contributed by atoms with Crippen LogP contribution in [0.2, 0.25) is 0 Å². The maximum Gasteiger partial charge on any atom is 0.191 e. The largest absolute Gasteiger partial charge is 0.357 e. The summed E-state index contributed by atoms with van der Waals surface area (Å²) in [6.07, 6.45) is 5.28. The van der Waals surface area contributed by atoms with Crippen LogP contribution in [0.5, 0.6) is 0 Å². The Morgan fingerprint density at radius 3 is 2.79 bits per heavy atom. The van der Waals surface area contributed by atoms with Gasteiger partial charge in [-0.25, -0.2) is 0 Å². The summed E-state index contributed by atoms with van der Waals surface area (Å²) in [7, 11) is 0. The highest BCUT2D eigenvalue weighted by Gasteiger charge is 2.24. The molecule has 28 heavy (non-hydrogen) atoms. The van der Waals surface area contributed by atoms with Crippen molar-refractivity contribution < 1.29 is 0 Å². The summed E-state index contributed by atoms with van der Waals surface area (Å²) in [5.41, 5.74) is 0. The average Bonchev–Trinajstić information content (AvgIpc) is 3.44. The Morgan fingerprint density at radius 1 is 1.29 bits per heavy atom. The number of hydrogen-bond donors (Lipinski definition) is 2. The molecule has 1 unspecified atom stereocenters. The molecule has 0 radical (unpaired) electrons. The molecule has 2 aromatic rings. The number of halogens is 1. The van der Waals surface area contributed by atoms with Gasteiger partial charge in [-0.15, -0.1) is 45.5 Å². The Hall–Kier alpha value is -1.20. The molecule has 1 atom stereocenters. The fourth-order valence-electron chi connectivity index (χ4n) is 3.47. The summed E-state index contributed by atoms with van der Waals surface area (Å²) in [4.78, 5) is 8.88. The number of aromatic nitrogens is 3. The van der Waals surface area contributed by atoms with E-state index in [9.17, 15) is 0 Å². The number of guanidine groups is 1. The van der Waals surface area contributed by atoms with E-state index in [0.29, 0.717) is 6.04 Å². The molecule has 0 amide bonds. The molecule has 0 aromatic carbocycles. The maximum absolute atomic E-state index is 4.89. The van der Waals surface area contributed by atoms with Crippen LogP contribution in [0.15, 0.2) is 28.8 Å². The molecule has 3 heterocycles. The lowest BCUT2D eigenvalue weighted by Gasteiger charge is -2.25. The highest BCUT2D eigenvalue weighted by atomic mass is 127. The zero-order valence-corrected chi connectivity index (χ0v) is 20.0. The number of nitrogens with zero attached hydrogens (tertiary/aromatic N) is 5. The number of rotatable bonds is 9. The maximum atomic E-state index is 4.89. The van der Waals surface area contributed by atoms with E-state index >= 15 is 0 Å². The minimum atomic E-state index is 0. The molecular formula is C19H32IN7S. The third-order valence-corrected chi connectivity index (χ3v) is 5.85. The highest BCUT2D eigenvalue weighted by Crippen LogP contribution is 2.28. The number of aryl methyl sites for hydroxylation is 1. The van der Waals surface area contributed by atoms with Crippen LogP contribution in [0.4, 0.5) is 0 Å². The molecule has 9 heteroatoms. The molecule has 2 N–H and O–H groups in total. The topological polar surface area (TPSA) is 70.4 Å². The van der Waals surface area contributed by atoms with E-state index < -0.39 is 0 Å².